The number of hydrogen-bond acceptors (Lipinski definition) is 3. The molecule has 1 amide bonds. The van der Waals surface area contributed by atoms with Crippen LogP contribution in [0.2, 0.25) is 0 Å². The Bertz CT molecular complexity index is 414. The number of hydrogen-bond donors (Lipinski definition) is 2. The summed E-state index contributed by atoms with van der Waals surface area (Å²) in [6.07, 6.45) is 0.969. The maximum atomic E-state index is 11.4. The van der Waals surface area contributed by atoms with Crippen LogP contribution in [0.5, 0.6) is 0 Å². The molecule has 1 aromatic rings. The predicted octanol–water partition coefficient (Wildman–Crippen LogP) is -0.0293. The van der Waals surface area contributed by atoms with Gasteiger partial charge >= 0.3 is 0 Å². The summed E-state index contributed by atoms with van der Waals surface area (Å²) >= 11 is 0. The van der Waals surface area contributed by atoms with Gasteiger partial charge in [-0.15, -0.1) is 0 Å². The smallest absolute Gasteiger partial charge is 0.253 e. The molecular formula is C10H11N3O. The summed E-state index contributed by atoms with van der Waals surface area (Å²) in [5, 5.41) is 6.06. The summed E-state index contributed by atoms with van der Waals surface area (Å²) < 4.78 is 0. The van der Waals surface area contributed by atoms with Crippen LogP contribution >= 0.6 is 0 Å². The fourth-order valence-electron chi connectivity index (χ4n) is 2.03. The van der Waals surface area contributed by atoms with Crippen molar-refractivity contribution in [1.82, 2.24) is 15.6 Å². The molecule has 14 heavy (non-hydrogen) atoms. The Kier molecular flexibility index (Phi) is 1.58. The molecule has 0 radical (unpaired) electrons. The maximum Gasteiger partial charge on any atom is 0.253 e. The van der Waals surface area contributed by atoms with Gasteiger partial charge in [0.15, 0.2) is 0 Å². The van der Waals surface area contributed by atoms with Crippen molar-refractivity contribution in [1.29, 1.82) is 0 Å². The Morgan fingerprint density at radius 3 is 3.14 bits per heavy atom. The highest BCUT2D eigenvalue weighted by Gasteiger charge is 2.23. The molecule has 1 aromatic heterocycles. The summed E-state index contributed by atoms with van der Waals surface area (Å²) in [7, 11) is 0. The summed E-state index contributed by atoms with van der Waals surface area (Å²) in [5.41, 5.74) is 3.99. The Morgan fingerprint density at radius 1 is 1.29 bits per heavy atom. The highest BCUT2D eigenvalue weighted by Crippen LogP contribution is 2.19. The van der Waals surface area contributed by atoms with Gasteiger partial charge in [-0.2, -0.15) is 0 Å². The van der Waals surface area contributed by atoms with Gasteiger partial charge in [-0.1, -0.05) is 0 Å². The van der Waals surface area contributed by atoms with Crippen molar-refractivity contribution in [3.63, 3.8) is 0 Å². The molecule has 0 aromatic carbocycles. The average molecular weight is 189 g/mol. The number of aromatic nitrogens is 1. The van der Waals surface area contributed by atoms with E-state index in [-0.39, 0.29) is 5.91 Å². The zero-order valence-corrected chi connectivity index (χ0v) is 7.76. The molecule has 4 nitrogen and oxygen atoms in total. The van der Waals surface area contributed by atoms with E-state index >= 15 is 0 Å². The molecular weight excluding hydrogens is 178 g/mol. The molecule has 0 aliphatic carbocycles. The Labute approximate surface area is 81.7 Å². The number of rotatable bonds is 0. The molecule has 3 rings (SSSR count). The predicted molar refractivity (Wildman–Crippen MR) is 50.8 cm³/mol. The number of fused-ring (bicyclic) bond motifs is 2. The van der Waals surface area contributed by atoms with E-state index in [1.807, 2.05) is 6.07 Å². The van der Waals surface area contributed by atoms with Crippen molar-refractivity contribution in [2.45, 2.75) is 19.5 Å². The molecule has 0 bridgehead atoms. The first-order valence-corrected chi connectivity index (χ1v) is 4.85. The molecule has 0 unspecified atom stereocenters. The van der Waals surface area contributed by atoms with Crippen LogP contribution in [0.3, 0.4) is 0 Å². The summed E-state index contributed by atoms with van der Waals surface area (Å²) in [6, 6.07) is 1.98. The van der Waals surface area contributed by atoms with Crippen LogP contribution in [-0.4, -0.2) is 17.4 Å². The lowest BCUT2D eigenvalue weighted by Gasteiger charge is -2.16. The Morgan fingerprint density at radius 2 is 2.21 bits per heavy atom. The van der Waals surface area contributed by atoms with Gasteiger partial charge in [0.2, 0.25) is 0 Å². The van der Waals surface area contributed by atoms with Crippen LogP contribution in [0.1, 0.15) is 27.3 Å². The highest BCUT2D eigenvalue weighted by molar-refractivity contribution is 5.97. The molecule has 3 heterocycles. The third-order valence-corrected chi connectivity index (χ3v) is 2.79. The lowest BCUT2D eigenvalue weighted by Crippen LogP contribution is -2.25. The van der Waals surface area contributed by atoms with Crippen molar-refractivity contribution < 1.29 is 4.79 Å². The van der Waals surface area contributed by atoms with E-state index in [0.717, 1.165) is 36.5 Å². The fraction of sp³-hybridized carbons (Fsp3) is 0.400. The second-order valence-electron chi connectivity index (χ2n) is 3.70. The van der Waals surface area contributed by atoms with Gasteiger partial charge in [0, 0.05) is 25.2 Å². The van der Waals surface area contributed by atoms with Gasteiger partial charge in [-0.05, 0) is 11.6 Å². The standard InChI is InChI=1S/C10H11N3O/c14-10-7-3-6-4-11-2-1-8(6)13-9(7)5-12-10/h3,11H,1-2,4-5H2,(H,12,14). The number of nitrogens with one attached hydrogen (secondary N) is 2. The minimum Gasteiger partial charge on any atom is -0.346 e. The highest BCUT2D eigenvalue weighted by atomic mass is 16.1. The Hall–Kier alpha value is -1.42. The van der Waals surface area contributed by atoms with Gasteiger partial charge < -0.3 is 10.6 Å². The first-order valence-electron chi connectivity index (χ1n) is 4.85. The molecule has 0 saturated carbocycles. The minimum atomic E-state index is 0.0147. The average Bonchev–Trinajstić information content (AvgIpc) is 2.57. The summed E-state index contributed by atoms with van der Waals surface area (Å²) in [4.78, 5) is 15.9. The molecule has 2 aliphatic heterocycles. The molecule has 4 heteroatoms. The van der Waals surface area contributed by atoms with Crippen LogP contribution in [0, 0.1) is 0 Å². The normalized spacial score (nSPS) is 18.7. The zero-order chi connectivity index (χ0) is 9.54. The quantitative estimate of drug-likeness (QED) is 0.602. The van der Waals surface area contributed by atoms with Crippen LogP contribution in [0.15, 0.2) is 6.07 Å². The lowest BCUT2D eigenvalue weighted by atomic mass is 10.0. The number of amides is 1. The van der Waals surface area contributed by atoms with E-state index in [4.69, 9.17) is 0 Å². The molecule has 0 fully saturated rings. The third-order valence-electron chi connectivity index (χ3n) is 2.79. The van der Waals surface area contributed by atoms with E-state index in [1.165, 1.54) is 5.56 Å². The van der Waals surface area contributed by atoms with E-state index in [9.17, 15) is 4.79 Å². The Balaban J connectivity index is 2.15. The molecule has 72 valence electrons. The largest absolute Gasteiger partial charge is 0.346 e. The first-order chi connectivity index (χ1) is 6.84. The van der Waals surface area contributed by atoms with Crippen molar-refractivity contribution in [2.24, 2.45) is 0 Å². The van der Waals surface area contributed by atoms with Gasteiger partial charge in [-0.3, -0.25) is 9.78 Å². The fourth-order valence-corrected chi connectivity index (χ4v) is 2.03. The second-order valence-corrected chi connectivity index (χ2v) is 3.70. The van der Waals surface area contributed by atoms with E-state index in [1.54, 1.807) is 0 Å². The SMILES string of the molecule is O=C1NCc2nc3c(cc21)CNCC3. The van der Waals surface area contributed by atoms with E-state index < -0.39 is 0 Å². The minimum absolute atomic E-state index is 0.0147. The molecule has 2 N–H and O–H groups in total. The number of nitrogens with zero attached hydrogens (tertiary/aromatic N) is 1. The van der Waals surface area contributed by atoms with Crippen molar-refractivity contribution in [3.8, 4) is 0 Å². The van der Waals surface area contributed by atoms with Crippen LogP contribution in [-0.2, 0) is 19.5 Å². The van der Waals surface area contributed by atoms with Gasteiger partial charge in [0.05, 0.1) is 17.8 Å². The summed E-state index contributed by atoms with van der Waals surface area (Å²) in [6.45, 7) is 2.41. The number of carbonyl (C=O) groups is 1. The molecule has 0 atom stereocenters. The van der Waals surface area contributed by atoms with Crippen LogP contribution < -0.4 is 10.6 Å². The zero-order valence-electron chi connectivity index (χ0n) is 7.76. The topological polar surface area (TPSA) is 54.0 Å². The van der Waals surface area contributed by atoms with Gasteiger partial charge in [0.1, 0.15) is 0 Å². The van der Waals surface area contributed by atoms with Gasteiger partial charge in [-0.25, -0.2) is 0 Å². The third kappa shape index (κ3) is 1.04. The number of pyridine rings is 1. The van der Waals surface area contributed by atoms with E-state index in [2.05, 4.69) is 15.6 Å². The first kappa shape index (κ1) is 7.94. The van der Waals surface area contributed by atoms with Crippen molar-refractivity contribution in [2.75, 3.05) is 6.54 Å². The molecule has 0 saturated heterocycles. The lowest BCUT2D eigenvalue weighted by molar-refractivity contribution is 0.0965. The molecule has 2 aliphatic rings. The van der Waals surface area contributed by atoms with E-state index in [0.29, 0.717) is 6.54 Å². The van der Waals surface area contributed by atoms with Crippen LogP contribution in [0.25, 0.3) is 0 Å². The molecule has 0 spiro atoms. The maximum absolute atomic E-state index is 11.4. The summed E-state index contributed by atoms with van der Waals surface area (Å²) in [5.74, 6) is 0.0147. The second kappa shape index (κ2) is 2.78. The number of carbonyl (C=O) groups excluding carboxylic acids is 1. The van der Waals surface area contributed by atoms with Crippen molar-refractivity contribution >= 4 is 5.91 Å². The van der Waals surface area contributed by atoms with Gasteiger partial charge in [0.25, 0.3) is 5.91 Å². The van der Waals surface area contributed by atoms with Crippen LogP contribution in [0.4, 0.5) is 0 Å². The van der Waals surface area contributed by atoms with Crippen molar-refractivity contribution in [3.05, 3.63) is 28.6 Å². The monoisotopic (exact) mass is 189 g/mol.